The summed E-state index contributed by atoms with van der Waals surface area (Å²) in [5, 5.41) is 6.99. The number of aromatic nitrogens is 1. The van der Waals surface area contributed by atoms with Crippen molar-refractivity contribution < 1.29 is 0 Å². The topological polar surface area (TPSA) is 24.9 Å². The lowest BCUT2D eigenvalue weighted by Crippen LogP contribution is -2.33. The SMILES string of the molecule is CC(NC1CC(C)(C)CC1C)c1nccs1. The van der Waals surface area contributed by atoms with Gasteiger partial charge in [0.2, 0.25) is 0 Å². The number of nitrogens with one attached hydrogen (secondary N) is 1. The molecule has 0 aromatic carbocycles. The molecule has 0 amide bonds. The maximum absolute atomic E-state index is 4.38. The van der Waals surface area contributed by atoms with Gasteiger partial charge in [-0.15, -0.1) is 11.3 Å². The van der Waals surface area contributed by atoms with Crippen molar-refractivity contribution in [2.75, 3.05) is 0 Å². The summed E-state index contributed by atoms with van der Waals surface area (Å²) in [5.41, 5.74) is 0.500. The minimum atomic E-state index is 0.390. The van der Waals surface area contributed by atoms with E-state index in [0.29, 0.717) is 17.5 Å². The first-order chi connectivity index (χ1) is 7.48. The second kappa shape index (κ2) is 4.46. The van der Waals surface area contributed by atoms with E-state index in [-0.39, 0.29) is 0 Å². The molecule has 0 spiro atoms. The number of rotatable bonds is 3. The molecule has 1 N–H and O–H groups in total. The number of hydrogen-bond acceptors (Lipinski definition) is 3. The molecular weight excluding hydrogens is 216 g/mol. The molecule has 16 heavy (non-hydrogen) atoms. The Morgan fingerprint density at radius 2 is 2.25 bits per heavy atom. The second-order valence-corrected chi connectivity index (χ2v) is 6.84. The van der Waals surface area contributed by atoms with E-state index in [9.17, 15) is 0 Å². The fraction of sp³-hybridized carbons (Fsp3) is 0.769. The molecule has 1 aliphatic carbocycles. The minimum Gasteiger partial charge on any atom is -0.305 e. The van der Waals surface area contributed by atoms with Crippen LogP contribution >= 0.6 is 11.3 Å². The van der Waals surface area contributed by atoms with Crippen LogP contribution in [0, 0.1) is 11.3 Å². The van der Waals surface area contributed by atoms with Crippen molar-refractivity contribution >= 4 is 11.3 Å². The highest BCUT2D eigenvalue weighted by molar-refractivity contribution is 7.09. The Hall–Kier alpha value is -0.410. The predicted molar refractivity (Wildman–Crippen MR) is 69.6 cm³/mol. The van der Waals surface area contributed by atoms with Gasteiger partial charge in [0, 0.05) is 17.6 Å². The Morgan fingerprint density at radius 1 is 1.50 bits per heavy atom. The van der Waals surface area contributed by atoms with E-state index in [1.54, 1.807) is 11.3 Å². The molecule has 0 saturated heterocycles. The van der Waals surface area contributed by atoms with Gasteiger partial charge in [-0.3, -0.25) is 0 Å². The van der Waals surface area contributed by atoms with Gasteiger partial charge >= 0.3 is 0 Å². The first kappa shape index (κ1) is 12.1. The molecule has 90 valence electrons. The average Bonchev–Trinajstić information content (AvgIpc) is 2.74. The number of nitrogens with zero attached hydrogens (tertiary/aromatic N) is 1. The third-order valence-corrected chi connectivity index (χ3v) is 4.58. The predicted octanol–water partition coefficient (Wildman–Crippen LogP) is 3.62. The molecule has 1 aromatic rings. The molecule has 0 radical (unpaired) electrons. The molecule has 0 bridgehead atoms. The van der Waals surface area contributed by atoms with Crippen LogP contribution in [0.15, 0.2) is 11.6 Å². The smallest absolute Gasteiger partial charge is 0.109 e. The fourth-order valence-corrected chi connectivity index (χ4v) is 3.61. The summed E-state index contributed by atoms with van der Waals surface area (Å²) >= 11 is 1.74. The van der Waals surface area contributed by atoms with E-state index in [4.69, 9.17) is 0 Å². The van der Waals surface area contributed by atoms with Gasteiger partial charge in [-0.2, -0.15) is 0 Å². The quantitative estimate of drug-likeness (QED) is 0.870. The van der Waals surface area contributed by atoms with Crippen LogP contribution in [-0.2, 0) is 0 Å². The zero-order valence-corrected chi connectivity index (χ0v) is 11.5. The Bertz CT molecular complexity index is 332. The molecule has 3 atom stereocenters. The average molecular weight is 238 g/mol. The van der Waals surface area contributed by atoms with Crippen molar-refractivity contribution in [1.29, 1.82) is 0 Å². The van der Waals surface area contributed by atoms with Crippen molar-refractivity contribution in [3.05, 3.63) is 16.6 Å². The summed E-state index contributed by atoms with van der Waals surface area (Å²) < 4.78 is 0. The molecule has 3 unspecified atom stereocenters. The van der Waals surface area contributed by atoms with E-state index in [1.807, 2.05) is 6.20 Å². The van der Waals surface area contributed by atoms with E-state index in [1.165, 1.54) is 17.8 Å². The zero-order chi connectivity index (χ0) is 11.8. The Kier molecular flexibility index (Phi) is 3.36. The van der Waals surface area contributed by atoms with E-state index in [0.717, 1.165) is 5.92 Å². The molecule has 1 saturated carbocycles. The summed E-state index contributed by atoms with van der Waals surface area (Å²) in [7, 11) is 0. The highest BCUT2D eigenvalue weighted by atomic mass is 32.1. The van der Waals surface area contributed by atoms with Crippen molar-refractivity contribution in [2.24, 2.45) is 11.3 Å². The Labute approximate surface area is 102 Å². The summed E-state index contributed by atoms with van der Waals surface area (Å²) in [4.78, 5) is 4.38. The third-order valence-electron chi connectivity index (χ3n) is 3.62. The lowest BCUT2D eigenvalue weighted by Gasteiger charge is -2.22. The lowest BCUT2D eigenvalue weighted by atomic mass is 9.91. The molecule has 2 rings (SSSR count). The second-order valence-electron chi connectivity index (χ2n) is 5.91. The zero-order valence-electron chi connectivity index (χ0n) is 10.7. The van der Waals surface area contributed by atoms with Gasteiger partial charge in [0.25, 0.3) is 0 Å². The summed E-state index contributed by atoms with van der Waals surface area (Å²) in [6.45, 7) is 9.33. The molecule has 2 nitrogen and oxygen atoms in total. The first-order valence-corrected chi connectivity index (χ1v) is 7.01. The standard InChI is InChI=1S/C13H22N2S/c1-9-7-13(3,4)8-11(9)15-10(2)12-14-5-6-16-12/h5-6,9-11,15H,7-8H2,1-4H3. The van der Waals surface area contributed by atoms with E-state index < -0.39 is 0 Å². The minimum absolute atomic E-state index is 0.390. The van der Waals surface area contributed by atoms with Gasteiger partial charge in [0.05, 0.1) is 6.04 Å². The van der Waals surface area contributed by atoms with Crippen LogP contribution < -0.4 is 5.32 Å². The molecule has 1 aliphatic rings. The summed E-state index contributed by atoms with van der Waals surface area (Å²) in [6, 6.07) is 1.04. The third kappa shape index (κ3) is 2.64. The molecule has 1 aromatic heterocycles. The molecule has 1 fully saturated rings. The normalized spacial score (nSPS) is 30.5. The first-order valence-electron chi connectivity index (χ1n) is 6.13. The van der Waals surface area contributed by atoms with Crippen molar-refractivity contribution in [1.82, 2.24) is 10.3 Å². The number of hydrogen-bond donors (Lipinski definition) is 1. The van der Waals surface area contributed by atoms with Crippen LogP contribution in [0.2, 0.25) is 0 Å². The van der Waals surface area contributed by atoms with Crippen molar-refractivity contribution in [2.45, 2.75) is 52.6 Å². The van der Waals surface area contributed by atoms with Crippen LogP contribution in [0.25, 0.3) is 0 Å². The monoisotopic (exact) mass is 238 g/mol. The highest BCUT2D eigenvalue weighted by Crippen LogP contribution is 2.41. The van der Waals surface area contributed by atoms with Crippen LogP contribution in [0.5, 0.6) is 0 Å². The number of thiazole rings is 1. The van der Waals surface area contributed by atoms with Gasteiger partial charge in [0.15, 0.2) is 0 Å². The molecule has 1 heterocycles. The van der Waals surface area contributed by atoms with Crippen LogP contribution in [-0.4, -0.2) is 11.0 Å². The largest absolute Gasteiger partial charge is 0.305 e. The highest BCUT2D eigenvalue weighted by Gasteiger charge is 2.37. The fourth-order valence-electron chi connectivity index (χ4n) is 2.96. The van der Waals surface area contributed by atoms with Gasteiger partial charge in [-0.25, -0.2) is 4.98 Å². The summed E-state index contributed by atoms with van der Waals surface area (Å²) in [6.07, 6.45) is 4.50. The van der Waals surface area contributed by atoms with Crippen LogP contribution in [0.1, 0.15) is 51.6 Å². The van der Waals surface area contributed by atoms with Crippen LogP contribution in [0.4, 0.5) is 0 Å². The molecule has 0 aliphatic heterocycles. The Morgan fingerprint density at radius 3 is 2.75 bits per heavy atom. The maximum atomic E-state index is 4.38. The Balaban J connectivity index is 1.95. The molecular formula is C13H22N2S. The van der Waals surface area contributed by atoms with E-state index in [2.05, 4.69) is 43.4 Å². The molecule has 3 heteroatoms. The van der Waals surface area contributed by atoms with Gasteiger partial charge < -0.3 is 5.32 Å². The van der Waals surface area contributed by atoms with Crippen molar-refractivity contribution in [3.8, 4) is 0 Å². The van der Waals surface area contributed by atoms with E-state index >= 15 is 0 Å². The lowest BCUT2D eigenvalue weighted by molar-refractivity contribution is 0.356. The van der Waals surface area contributed by atoms with Crippen LogP contribution in [0.3, 0.4) is 0 Å². The van der Waals surface area contributed by atoms with Gasteiger partial charge in [-0.1, -0.05) is 20.8 Å². The van der Waals surface area contributed by atoms with Crippen molar-refractivity contribution in [3.63, 3.8) is 0 Å². The van der Waals surface area contributed by atoms with Gasteiger partial charge in [-0.05, 0) is 31.1 Å². The van der Waals surface area contributed by atoms with Gasteiger partial charge in [0.1, 0.15) is 5.01 Å². The maximum Gasteiger partial charge on any atom is 0.109 e. The summed E-state index contributed by atoms with van der Waals surface area (Å²) in [5.74, 6) is 0.775.